The summed E-state index contributed by atoms with van der Waals surface area (Å²) in [7, 11) is 0. The number of anilines is 3. The van der Waals surface area contributed by atoms with Gasteiger partial charge >= 0.3 is 0 Å². The summed E-state index contributed by atoms with van der Waals surface area (Å²) in [6.07, 6.45) is 14.4. The maximum Gasteiger partial charge on any atom is 0.233 e. The van der Waals surface area contributed by atoms with Crippen LogP contribution in [0.2, 0.25) is 0 Å². The first kappa shape index (κ1) is 66.2. The maximum atomic E-state index is 14.9. The Hall–Kier alpha value is -9.68. The summed E-state index contributed by atoms with van der Waals surface area (Å²) < 4.78 is 67.1. The summed E-state index contributed by atoms with van der Waals surface area (Å²) in [6.45, 7) is 19.8. The van der Waals surface area contributed by atoms with Gasteiger partial charge in [0, 0.05) is 109 Å². The number of H-pyrrole nitrogens is 3. The van der Waals surface area contributed by atoms with E-state index in [-0.39, 0.29) is 52.3 Å². The van der Waals surface area contributed by atoms with Crippen LogP contribution in [0, 0.1) is 38.2 Å². The van der Waals surface area contributed by atoms with Gasteiger partial charge in [0.1, 0.15) is 72.9 Å². The Bertz CT molecular complexity index is 3590. The van der Waals surface area contributed by atoms with Gasteiger partial charge in [-0.3, -0.25) is 4.90 Å². The molecule has 29 heteroatoms. The van der Waals surface area contributed by atoms with Gasteiger partial charge in [0.2, 0.25) is 17.6 Å². The molecule has 0 amide bonds. The van der Waals surface area contributed by atoms with Crippen LogP contribution in [0.25, 0.3) is 32.7 Å². The van der Waals surface area contributed by atoms with E-state index in [2.05, 4.69) is 80.3 Å². The number of aromatic amines is 3. The molecule has 0 saturated carbocycles. The average Bonchev–Trinajstić information content (AvgIpc) is 1.79. The van der Waals surface area contributed by atoms with Gasteiger partial charge in [0.05, 0.1) is 31.9 Å². The second kappa shape index (κ2) is 33.1. The fourth-order valence-corrected chi connectivity index (χ4v) is 10.6. The standard InChI is InChI=1S/C22H27FN6O2.C21H26FN7O2.C21H25FN6O3/c1-15-12-16-18(28-15)6-7-19(20(16)23)31-22-17(21(24)25-14-26-22)13-27-30-11-5-10-29-8-3-2-4-9-29;1-14-11-15-17(28-14)3-4-18(19(15)22)31-21-16(20(23)25-13-26-21)12-27-30-10-2-7-29-8-5-24-6-9-29;1-14-11-15-17(27-14)3-4-18(19(15)22)31-21-16(20(23)24-13-25-21)12-26-30-8-2-5-28-6-9-29-10-7-28/h6-7,12-14,28H,2-5,8-11H2,1H3,(H2,24,25,26);3-4,11-13,24,28H,2,5-10H2,1H3,(H2,23,25,26);3-4,11-13,27H,2,5-10H2,1H3,(H2,23,24,25)/b27-13+;27-12+;26-12+. The van der Waals surface area contributed by atoms with Gasteiger partial charge in [-0.15, -0.1) is 0 Å². The fourth-order valence-electron chi connectivity index (χ4n) is 10.6. The first-order chi connectivity index (χ1) is 45.3. The number of hydrogen-bond acceptors (Lipinski definition) is 23. The number of fused-ring (bicyclic) bond motifs is 3. The van der Waals surface area contributed by atoms with Crippen molar-refractivity contribution >= 4 is 68.8 Å². The van der Waals surface area contributed by atoms with Crippen LogP contribution in [0.1, 0.15) is 72.3 Å². The maximum absolute atomic E-state index is 14.9. The highest BCUT2D eigenvalue weighted by atomic mass is 19.1. The van der Waals surface area contributed by atoms with Crippen molar-refractivity contribution in [1.82, 2.24) is 64.9 Å². The molecule has 93 heavy (non-hydrogen) atoms. The lowest BCUT2D eigenvalue weighted by molar-refractivity contribution is 0.0323. The highest BCUT2D eigenvalue weighted by Crippen LogP contribution is 2.35. The van der Waals surface area contributed by atoms with E-state index in [1.807, 2.05) is 20.8 Å². The number of rotatable bonds is 24. The number of likely N-dealkylation sites (tertiary alicyclic amines) is 1. The van der Waals surface area contributed by atoms with E-state index in [4.69, 9.17) is 50.7 Å². The van der Waals surface area contributed by atoms with Crippen molar-refractivity contribution in [1.29, 1.82) is 0 Å². The van der Waals surface area contributed by atoms with Crippen molar-refractivity contribution in [2.75, 3.05) is 122 Å². The second-order valence-corrected chi connectivity index (χ2v) is 22.3. The van der Waals surface area contributed by atoms with E-state index >= 15 is 0 Å². The van der Waals surface area contributed by atoms with Crippen LogP contribution in [0.4, 0.5) is 30.6 Å². The van der Waals surface area contributed by atoms with Crippen LogP contribution in [0.5, 0.6) is 34.9 Å². The number of morpholine rings is 1. The number of aromatic nitrogens is 9. The summed E-state index contributed by atoms with van der Waals surface area (Å²) in [6, 6.07) is 15.0. The smallest absolute Gasteiger partial charge is 0.233 e. The predicted octanol–water partition coefficient (Wildman–Crippen LogP) is 9.28. The highest BCUT2D eigenvalue weighted by molar-refractivity contribution is 5.90. The third-order valence-corrected chi connectivity index (χ3v) is 15.4. The second-order valence-electron chi connectivity index (χ2n) is 22.3. The van der Waals surface area contributed by atoms with Crippen molar-refractivity contribution in [3.63, 3.8) is 0 Å². The number of nitrogens with one attached hydrogen (secondary N) is 4. The number of aryl methyl sites for hydroxylation is 3. The molecule has 492 valence electrons. The SMILES string of the molecule is Cc1cc2c(F)c(Oc3ncnc(N)c3/C=N/OCCCN3CCCCC3)ccc2[nH]1.Cc1cc2c(F)c(Oc3ncnc(N)c3/C=N/OCCCN3CCNCC3)ccc2[nH]1.Cc1cc2c(F)c(Oc3ncnc(N)c3/C=N/OCCCN3CCOCC3)ccc2[nH]1. The number of halogens is 3. The van der Waals surface area contributed by atoms with Crippen LogP contribution in [0.15, 0.2) is 89.0 Å². The number of hydrogen-bond donors (Lipinski definition) is 7. The fraction of sp³-hybridized carbons (Fsp3) is 0.391. The van der Waals surface area contributed by atoms with E-state index < -0.39 is 17.5 Å². The molecule has 0 atom stereocenters. The molecule has 0 bridgehead atoms. The molecule has 3 aliphatic rings. The zero-order valence-electron chi connectivity index (χ0n) is 52.3. The highest BCUT2D eigenvalue weighted by Gasteiger charge is 2.20. The molecule has 3 aliphatic heterocycles. The lowest BCUT2D eigenvalue weighted by Gasteiger charge is -2.26. The molecular weight excluding hydrogens is 1200 g/mol. The molecule has 0 aliphatic carbocycles. The normalized spacial score (nSPS) is 15.0. The molecule has 9 aromatic rings. The van der Waals surface area contributed by atoms with Crippen LogP contribution in [-0.2, 0) is 19.2 Å². The third-order valence-electron chi connectivity index (χ3n) is 15.4. The molecule has 0 unspecified atom stereocenters. The molecular formula is C64H78F3N19O7. The van der Waals surface area contributed by atoms with Gasteiger partial charge in [0.15, 0.2) is 34.7 Å². The van der Waals surface area contributed by atoms with Crippen molar-refractivity contribution in [2.45, 2.75) is 59.3 Å². The number of ether oxygens (including phenoxy) is 4. The van der Waals surface area contributed by atoms with E-state index in [1.165, 1.54) is 63.0 Å². The zero-order chi connectivity index (χ0) is 64.9. The summed E-state index contributed by atoms with van der Waals surface area (Å²) in [4.78, 5) is 56.7. The van der Waals surface area contributed by atoms with Gasteiger partial charge in [-0.25, -0.2) is 43.1 Å². The lowest BCUT2D eigenvalue weighted by atomic mass is 10.1. The Balaban J connectivity index is 0.000000153. The van der Waals surface area contributed by atoms with E-state index in [0.29, 0.717) is 69.2 Å². The molecule has 10 N–H and O–H groups in total. The summed E-state index contributed by atoms with van der Waals surface area (Å²) in [5.74, 6) is -0.526. The van der Waals surface area contributed by atoms with Crippen LogP contribution < -0.4 is 36.7 Å². The van der Waals surface area contributed by atoms with Crippen molar-refractivity contribution < 1.29 is 46.6 Å². The van der Waals surface area contributed by atoms with E-state index in [1.54, 1.807) is 48.5 Å². The minimum atomic E-state index is -0.485. The molecule has 26 nitrogen and oxygen atoms in total. The molecule has 0 spiro atoms. The zero-order valence-corrected chi connectivity index (χ0v) is 52.3. The quantitative estimate of drug-likeness (QED) is 0.0168. The minimum absolute atomic E-state index is 0.0330. The summed E-state index contributed by atoms with van der Waals surface area (Å²) in [5, 5.41) is 16.6. The third kappa shape index (κ3) is 18.3. The van der Waals surface area contributed by atoms with E-state index in [0.717, 1.165) is 122 Å². The molecule has 3 aromatic carbocycles. The minimum Gasteiger partial charge on any atom is -0.435 e. The molecule has 6 aromatic heterocycles. The number of nitrogens with zero attached hydrogens (tertiary/aromatic N) is 12. The van der Waals surface area contributed by atoms with Gasteiger partial charge in [-0.2, -0.15) is 0 Å². The van der Waals surface area contributed by atoms with Crippen molar-refractivity contribution in [3.05, 3.63) is 125 Å². The summed E-state index contributed by atoms with van der Waals surface area (Å²) >= 11 is 0. The molecule has 0 radical (unpaired) electrons. The van der Waals surface area contributed by atoms with Crippen LogP contribution in [0.3, 0.4) is 0 Å². The number of benzene rings is 3. The monoisotopic (exact) mass is 1280 g/mol. The largest absolute Gasteiger partial charge is 0.435 e. The van der Waals surface area contributed by atoms with Gasteiger partial charge in [0.25, 0.3) is 0 Å². The van der Waals surface area contributed by atoms with E-state index in [9.17, 15) is 13.2 Å². The Labute approximate surface area is 535 Å². The van der Waals surface area contributed by atoms with Crippen molar-refractivity contribution in [2.24, 2.45) is 15.5 Å². The lowest BCUT2D eigenvalue weighted by Crippen LogP contribution is -2.43. The molecule has 9 heterocycles. The number of nitrogens with two attached hydrogens (primary N) is 3. The topological polar surface area (TPSA) is 326 Å². The summed E-state index contributed by atoms with van der Waals surface area (Å²) in [5.41, 5.74) is 23.5. The average molecular weight is 1280 g/mol. The Morgan fingerprint density at radius 2 is 0.817 bits per heavy atom. The van der Waals surface area contributed by atoms with Crippen LogP contribution in [-0.4, -0.2) is 183 Å². The number of nitrogen functional groups attached to an aromatic ring is 3. The van der Waals surface area contributed by atoms with Gasteiger partial charge < -0.3 is 80.7 Å². The first-order valence-electron chi connectivity index (χ1n) is 30.9. The Kier molecular flexibility index (Phi) is 23.6. The van der Waals surface area contributed by atoms with Gasteiger partial charge in [-0.1, -0.05) is 21.9 Å². The number of piperidine rings is 1. The Morgan fingerprint density at radius 1 is 0.473 bits per heavy atom. The van der Waals surface area contributed by atoms with Gasteiger partial charge in [-0.05, 0) is 121 Å². The predicted molar refractivity (Wildman–Crippen MR) is 350 cm³/mol. The molecule has 3 fully saturated rings. The Morgan fingerprint density at radius 3 is 1.18 bits per heavy atom. The first-order valence-corrected chi connectivity index (χ1v) is 30.9. The molecule has 3 saturated heterocycles. The number of piperazine rings is 1. The number of oxime groups is 3. The van der Waals surface area contributed by atoms with Crippen LogP contribution >= 0.6 is 0 Å². The van der Waals surface area contributed by atoms with Crippen molar-refractivity contribution in [3.8, 4) is 34.9 Å². The molecule has 12 rings (SSSR count).